The molecule has 6 heteroatoms. The van der Waals surface area contributed by atoms with Crippen molar-refractivity contribution in [3.63, 3.8) is 0 Å². The van der Waals surface area contributed by atoms with E-state index in [2.05, 4.69) is 0 Å². The van der Waals surface area contributed by atoms with Gasteiger partial charge >= 0.3 is 0 Å². The van der Waals surface area contributed by atoms with Crippen LogP contribution in [0.25, 0.3) is 0 Å². The second kappa shape index (κ2) is 9.52. The van der Waals surface area contributed by atoms with Gasteiger partial charge in [0.25, 0.3) is 0 Å². The van der Waals surface area contributed by atoms with Crippen LogP contribution in [0.4, 0.5) is 0 Å². The fraction of sp³-hybridized carbons (Fsp3) is 0.409. The molecule has 28 heavy (non-hydrogen) atoms. The maximum atomic E-state index is 12.0. The Labute approximate surface area is 170 Å². The Morgan fingerprint density at radius 3 is 2.64 bits per heavy atom. The monoisotopic (exact) mass is 404 g/mol. The van der Waals surface area contributed by atoms with Gasteiger partial charge in [0.2, 0.25) is 0 Å². The van der Waals surface area contributed by atoms with E-state index in [9.17, 15) is 9.90 Å². The Morgan fingerprint density at radius 1 is 1.21 bits per heavy atom. The number of Topliss-reactive ketones (excluding diaryl/α,β-unsaturated/α-hetero) is 1. The van der Waals surface area contributed by atoms with Crippen LogP contribution < -0.4 is 4.74 Å². The summed E-state index contributed by atoms with van der Waals surface area (Å²) in [5.41, 5.74) is 2.96. The maximum absolute atomic E-state index is 12.0. The van der Waals surface area contributed by atoms with Gasteiger partial charge in [-0.25, -0.2) is 0 Å². The number of methoxy groups -OCH3 is 1. The van der Waals surface area contributed by atoms with E-state index in [-0.39, 0.29) is 24.9 Å². The average molecular weight is 405 g/mol. The molecule has 0 aliphatic carbocycles. The van der Waals surface area contributed by atoms with E-state index >= 15 is 0 Å². The van der Waals surface area contributed by atoms with Gasteiger partial charge < -0.3 is 19.3 Å². The average Bonchev–Trinajstić information content (AvgIpc) is 2.69. The predicted octanol–water partition coefficient (Wildman–Crippen LogP) is 3.74. The summed E-state index contributed by atoms with van der Waals surface area (Å²) in [7, 11) is 1.50. The highest BCUT2D eigenvalue weighted by Crippen LogP contribution is 2.33. The normalized spacial score (nSPS) is 22.3. The lowest BCUT2D eigenvalue weighted by Gasteiger charge is -2.32. The molecule has 0 saturated carbocycles. The molecule has 1 fully saturated rings. The molecule has 3 atom stereocenters. The molecule has 0 bridgehead atoms. The quantitative estimate of drug-likeness (QED) is 0.761. The van der Waals surface area contributed by atoms with Crippen LogP contribution in [0.15, 0.2) is 42.5 Å². The van der Waals surface area contributed by atoms with Crippen LogP contribution in [-0.4, -0.2) is 43.4 Å². The van der Waals surface area contributed by atoms with E-state index in [1.807, 2.05) is 49.4 Å². The number of ketones is 1. The first kappa shape index (κ1) is 20.8. The third-order valence-corrected chi connectivity index (χ3v) is 5.17. The molecule has 3 rings (SSSR count). The topological polar surface area (TPSA) is 65.0 Å². The summed E-state index contributed by atoms with van der Waals surface area (Å²) < 4.78 is 16.4. The smallest absolute Gasteiger partial charge is 0.192 e. The van der Waals surface area contributed by atoms with Crippen LogP contribution in [0.5, 0.6) is 5.75 Å². The number of hydrogen-bond donors (Lipinski definition) is 1. The largest absolute Gasteiger partial charge is 0.494 e. The van der Waals surface area contributed by atoms with Gasteiger partial charge in [-0.2, -0.15) is 0 Å². The Kier molecular flexibility index (Phi) is 7.08. The van der Waals surface area contributed by atoms with Gasteiger partial charge in [-0.3, -0.25) is 4.79 Å². The lowest BCUT2D eigenvalue weighted by atomic mass is 9.93. The van der Waals surface area contributed by atoms with E-state index < -0.39 is 12.2 Å². The Morgan fingerprint density at radius 2 is 1.96 bits per heavy atom. The van der Waals surface area contributed by atoms with Crippen molar-refractivity contribution in [2.24, 2.45) is 0 Å². The minimum Gasteiger partial charge on any atom is -0.494 e. The summed E-state index contributed by atoms with van der Waals surface area (Å²) in [6.45, 7) is 2.71. The van der Waals surface area contributed by atoms with Crippen LogP contribution in [-0.2, 0) is 20.7 Å². The van der Waals surface area contributed by atoms with Crippen molar-refractivity contribution >= 4 is 17.4 Å². The van der Waals surface area contributed by atoms with E-state index in [1.54, 1.807) is 0 Å². The predicted molar refractivity (Wildman–Crippen MR) is 107 cm³/mol. The standard InChI is InChI=1S/C22H25ClO5/c1-3-27-17-7-4-14(5-8-17)10-16-11-15(6-9-18(16)23)20-12-19(24)22(25)21(28-20)13-26-2/h4-9,11,19-21,24H,3,10,12-13H2,1-2H3. The van der Waals surface area contributed by atoms with Gasteiger partial charge in [0, 0.05) is 18.6 Å². The van der Waals surface area contributed by atoms with Gasteiger partial charge in [0.15, 0.2) is 5.78 Å². The number of rotatable bonds is 7. The van der Waals surface area contributed by atoms with E-state index in [0.29, 0.717) is 18.1 Å². The minimum atomic E-state index is -1.05. The first-order valence-corrected chi connectivity index (χ1v) is 9.75. The maximum Gasteiger partial charge on any atom is 0.192 e. The lowest BCUT2D eigenvalue weighted by molar-refractivity contribution is -0.163. The summed E-state index contributed by atoms with van der Waals surface area (Å²) in [5, 5.41) is 10.8. The zero-order valence-corrected chi connectivity index (χ0v) is 16.8. The van der Waals surface area contributed by atoms with Crippen molar-refractivity contribution in [2.45, 2.75) is 38.1 Å². The van der Waals surface area contributed by atoms with Crippen molar-refractivity contribution < 1.29 is 24.1 Å². The fourth-order valence-electron chi connectivity index (χ4n) is 3.36. The minimum absolute atomic E-state index is 0.124. The van der Waals surface area contributed by atoms with Crippen LogP contribution in [0.3, 0.4) is 0 Å². The van der Waals surface area contributed by atoms with Gasteiger partial charge in [-0.15, -0.1) is 0 Å². The summed E-state index contributed by atoms with van der Waals surface area (Å²) in [4.78, 5) is 12.0. The molecule has 2 aromatic rings. The number of ether oxygens (including phenoxy) is 3. The van der Waals surface area contributed by atoms with Crippen molar-refractivity contribution in [3.8, 4) is 5.75 Å². The molecule has 150 valence electrons. The van der Waals surface area contributed by atoms with Crippen LogP contribution in [0.1, 0.15) is 36.1 Å². The Bertz CT molecular complexity index is 805. The van der Waals surface area contributed by atoms with E-state index in [4.69, 9.17) is 25.8 Å². The van der Waals surface area contributed by atoms with Crippen molar-refractivity contribution in [1.82, 2.24) is 0 Å². The fourth-order valence-corrected chi connectivity index (χ4v) is 3.55. The highest BCUT2D eigenvalue weighted by molar-refractivity contribution is 6.31. The van der Waals surface area contributed by atoms with E-state index in [1.165, 1.54) is 7.11 Å². The summed E-state index contributed by atoms with van der Waals surface area (Å²) in [5.74, 6) is 0.506. The van der Waals surface area contributed by atoms with Crippen LogP contribution in [0, 0.1) is 0 Å². The molecule has 1 aliphatic rings. The zero-order chi connectivity index (χ0) is 20.1. The van der Waals surface area contributed by atoms with Gasteiger partial charge in [0.05, 0.1) is 19.3 Å². The number of benzene rings is 2. The number of hydrogen-bond acceptors (Lipinski definition) is 5. The SMILES string of the molecule is CCOc1ccc(Cc2cc(C3CC(O)C(=O)C(COC)O3)ccc2Cl)cc1. The molecule has 1 saturated heterocycles. The van der Waals surface area contributed by atoms with Crippen LogP contribution in [0.2, 0.25) is 5.02 Å². The molecule has 5 nitrogen and oxygen atoms in total. The van der Waals surface area contributed by atoms with Crippen LogP contribution >= 0.6 is 11.6 Å². The van der Waals surface area contributed by atoms with E-state index in [0.717, 1.165) is 22.4 Å². The van der Waals surface area contributed by atoms with Gasteiger partial charge in [-0.05, 0) is 48.2 Å². The van der Waals surface area contributed by atoms with Gasteiger partial charge in [0.1, 0.15) is 18.0 Å². The highest BCUT2D eigenvalue weighted by Gasteiger charge is 2.36. The molecule has 1 N–H and O–H groups in total. The molecule has 0 aromatic heterocycles. The molecule has 2 aromatic carbocycles. The van der Waals surface area contributed by atoms with Crippen molar-refractivity contribution in [3.05, 3.63) is 64.2 Å². The Balaban J connectivity index is 1.78. The molecule has 0 spiro atoms. The number of carbonyl (C=O) groups excluding carboxylic acids is 1. The molecule has 1 heterocycles. The number of aliphatic hydroxyl groups excluding tert-OH is 1. The second-order valence-corrected chi connectivity index (χ2v) is 7.23. The van der Waals surface area contributed by atoms with Crippen molar-refractivity contribution in [2.75, 3.05) is 20.3 Å². The Hall–Kier alpha value is -1.92. The highest BCUT2D eigenvalue weighted by atomic mass is 35.5. The molecular formula is C22H25ClO5. The number of aliphatic hydroxyl groups is 1. The van der Waals surface area contributed by atoms with Gasteiger partial charge in [-0.1, -0.05) is 35.9 Å². The second-order valence-electron chi connectivity index (χ2n) is 6.83. The molecule has 1 aliphatic heterocycles. The number of carbonyl (C=O) groups is 1. The number of halogens is 1. The van der Waals surface area contributed by atoms with Crippen molar-refractivity contribution in [1.29, 1.82) is 0 Å². The summed E-state index contributed by atoms with van der Waals surface area (Å²) in [6.07, 6.45) is -1.31. The first-order valence-electron chi connectivity index (χ1n) is 9.38. The summed E-state index contributed by atoms with van der Waals surface area (Å²) >= 11 is 6.41. The summed E-state index contributed by atoms with van der Waals surface area (Å²) in [6, 6.07) is 13.6. The molecule has 0 radical (unpaired) electrons. The lowest BCUT2D eigenvalue weighted by Crippen LogP contribution is -2.44. The third kappa shape index (κ3) is 4.92. The molecule has 0 amide bonds. The molecule has 3 unspecified atom stereocenters. The third-order valence-electron chi connectivity index (χ3n) is 4.80. The molecular weight excluding hydrogens is 380 g/mol. The zero-order valence-electron chi connectivity index (χ0n) is 16.1. The first-order chi connectivity index (χ1) is 13.5.